The third-order valence-electron chi connectivity index (χ3n) is 6.24. The molecule has 0 aliphatic heterocycles. The largest absolute Gasteiger partial charge is 0.423 e. The van der Waals surface area contributed by atoms with Crippen LogP contribution < -0.4 is 19.6 Å². The average Bonchev–Trinajstić information content (AvgIpc) is 3.07. The monoisotopic (exact) mass is 619 g/mol. The van der Waals surface area contributed by atoms with Crippen LogP contribution in [0.1, 0.15) is 36.6 Å². The number of carbonyl (C=O) groups excluding carboxylic acids is 3. The number of hydrogen-bond acceptors (Lipinski definition) is 8. The number of anilines is 1. The molecule has 0 fully saturated rings. The van der Waals surface area contributed by atoms with Crippen LogP contribution in [0, 0.1) is 0 Å². The molecule has 10 nitrogen and oxygen atoms in total. The zero-order chi connectivity index (χ0) is 31.6. The van der Waals surface area contributed by atoms with Crippen LogP contribution in [0.25, 0.3) is 0 Å². The molecule has 2 N–H and O–H groups in total. The van der Waals surface area contributed by atoms with E-state index >= 15 is 0 Å². The predicted molar refractivity (Wildman–Crippen MR) is 168 cm³/mol. The molecule has 0 atom stereocenters. The minimum atomic E-state index is -3.78. The molecule has 0 radical (unpaired) electrons. The van der Waals surface area contributed by atoms with E-state index in [0.29, 0.717) is 16.7 Å². The molecule has 0 aliphatic rings. The SMILES string of the molecule is O=C(N/N=C/c1ccc(OC(=O)c2ccccc2)cc1OC(=O)c1ccccc1)c1ccc(NS(=O)(=O)c2ccccc2)cc1. The van der Waals surface area contributed by atoms with Gasteiger partial charge in [-0.2, -0.15) is 5.10 Å². The molecule has 11 heteroatoms. The summed E-state index contributed by atoms with van der Waals surface area (Å²) in [6.07, 6.45) is 1.27. The normalized spacial score (nSPS) is 11.0. The number of sulfonamides is 1. The quantitative estimate of drug-likeness (QED) is 0.0886. The van der Waals surface area contributed by atoms with Crippen LogP contribution in [-0.4, -0.2) is 32.5 Å². The van der Waals surface area contributed by atoms with Crippen LogP contribution in [0.2, 0.25) is 0 Å². The van der Waals surface area contributed by atoms with Crippen molar-refractivity contribution in [3.05, 3.63) is 156 Å². The second-order valence-corrected chi connectivity index (χ2v) is 11.1. The number of amides is 1. The Morgan fingerprint density at radius 3 is 1.78 bits per heavy atom. The molecule has 5 aromatic rings. The Hall–Kier alpha value is -6.07. The smallest absolute Gasteiger partial charge is 0.343 e. The van der Waals surface area contributed by atoms with Gasteiger partial charge < -0.3 is 9.47 Å². The van der Waals surface area contributed by atoms with E-state index in [9.17, 15) is 22.8 Å². The van der Waals surface area contributed by atoms with Crippen molar-refractivity contribution >= 4 is 39.8 Å². The number of rotatable bonds is 10. The first-order valence-corrected chi connectivity index (χ1v) is 15.0. The van der Waals surface area contributed by atoms with Crippen LogP contribution in [0.3, 0.4) is 0 Å². The topological polar surface area (TPSA) is 140 Å². The van der Waals surface area contributed by atoms with E-state index in [1.807, 2.05) is 0 Å². The summed E-state index contributed by atoms with van der Waals surface area (Å²) in [7, 11) is -3.78. The van der Waals surface area contributed by atoms with Crippen molar-refractivity contribution in [1.82, 2.24) is 5.43 Å². The molecule has 0 aliphatic carbocycles. The summed E-state index contributed by atoms with van der Waals surface area (Å²) < 4.78 is 38.6. The lowest BCUT2D eigenvalue weighted by atomic mass is 10.2. The number of ether oxygens (including phenoxy) is 2. The van der Waals surface area contributed by atoms with E-state index in [2.05, 4.69) is 15.2 Å². The van der Waals surface area contributed by atoms with Gasteiger partial charge in [-0.05, 0) is 72.8 Å². The predicted octanol–water partition coefficient (Wildman–Crippen LogP) is 5.69. The fourth-order valence-electron chi connectivity index (χ4n) is 3.97. The minimum absolute atomic E-state index is 0.0373. The standard InChI is InChI=1S/C34H25N3O7S/c38-32(24-16-19-28(20-17-24)37-45(41,42)30-14-8-3-9-15-30)36-35-23-27-18-21-29(43-33(39)25-10-4-1-5-11-25)22-31(27)44-34(40)26-12-6-2-7-13-26/h1-23,37H,(H,36,38)/b35-23+. The van der Waals surface area contributed by atoms with Crippen molar-refractivity contribution in [3.63, 3.8) is 0 Å². The van der Waals surface area contributed by atoms with Crippen molar-refractivity contribution in [1.29, 1.82) is 0 Å². The fraction of sp³-hybridized carbons (Fsp3) is 0. The molecule has 224 valence electrons. The Kier molecular flexibility index (Phi) is 9.41. The maximum atomic E-state index is 12.8. The maximum absolute atomic E-state index is 12.8. The van der Waals surface area contributed by atoms with Crippen molar-refractivity contribution in [2.45, 2.75) is 4.90 Å². The number of nitrogens with one attached hydrogen (secondary N) is 2. The number of carbonyl (C=O) groups is 3. The zero-order valence-corrected chi connectivity index (χ0v) is 24.3. The van der Waals surface area contributed by atoms with E-state index in [4.69, 9.17) is 9.47 Å². The molecule has 0 unspecified atom stereocenters. The van der Waals surface area contributed by atoms with Crippen molar-refractivity contribution in [3.8, 4) is 11.5 Å². The summed E-state index contributed by atoms with van der Waals surface area (Å²) in [6, 6.07) is 34.8. The third kappa shape index (κ3) is 8.06. The highest BCUT2D eigenvalue weighted by Gasteiger charge is 2.16. The van der Waals surface area contributed by atoms with Gasteiger partial charge >= 0.3 is 11.9 Å². The molecule has 1 amide bonds. The lowest BCUT2D eigenvalue weighted by molar-refractivity contribution is 0.0731. The van der Waals surface area contributed by atoms with Crippen LogP contribution in [-0.2, 0) is 10.0 Å². The first-order valence-electron chi connectivity index (χ1n) is 13.5. The van der Waals surface area contributed by atoms with E-state index < -0.39 is 27.9 Å². The molecule has 5 aromatic carbocycles. The van der Waals surface area contributed by atoms with Crippen LogP contribution in [0.5, 0.6) is 11.5 Å². The van der Waals surface area contributed by atoms with E-state index in [0.717, 1.165) is 0 Å². The van der Waals surface area contributed by atoms with E-state index in [-0.39, 0.29) is 27.6 Å². The molecule has 0 spiro atoms. The summed E-state index contributed by atoms with van der Waals surface area (Å²) in [5, 5.41) is 3.98. The van der Waals surface area contributed by atoms with Gasteiger partial charge in [0.05, 0.1) is 22.2 Å². The van der Waals surface area contributed by atoms with Gasteiger partial charge in [-0.3, -0.25) is 9.52 Å². The van der Waals surface area contributed by atoms with Gasteiger partial charge in [-0.25, -0.2) is 23.4 Å². The first-order chi connectivity index (χ1) is 21.8. The van der Waals surface area contributed by atoms with Gasteiger partial charge in [0, 0.05) is 22.9 Å². The van der Waals surface area contributed by atoms with Gasteiger partial charge in [-0.15, -0.1) is 0 Å². The Balaban J connectivity index is 1.29. The van der Waals surface area contributed by atoms with Gasteiger partial charge in [-0.1, -0.05) is 54.6 Å². The van der Waals surface area contributed by atoms with Crippen molar-refractivity contribution < 1.29 is 32.3 Å². The van der Waals surface area contributed by atoms with Gasteiger partial charge in [0.1, 0.15) is 11.5 Å². The van der Waals surface area contributed by atoms with E-state index in [1.165, 1.54) is 60.8 Å². The fourth-order valence-corrected chi connectivity index (χ4v) is 5.05. The summed E-state index contributed by atoms with van der Waals surface area (Å²) >= 11 is 0. The average molecular weight is 620 g/mol. The third-order valence-corrected chi connectivity index (χ3v) is 7.64. The molecule has 0 bridgehead atoms. The Bertz CT molecular complexity index is 1950. The number of hydrogen-bond donors (Lipinski definition) is 2. The van der Waals surface area contributed by atoms with Crippen LogP contribution >= 0.6 is 0 Å². The first kappa shape index (κ1) is 30.4. The Morgan fingerprint density at radius 1 is 0.622 bits per heavy atom. The van der Waals surface area contributed by atoms with Gasteiger partial charge in [0.15, 0.2) is 0 Å². The summed E-state index contributed by atoms with van der Waals surface area (Å²) in [4.78, 5) is 38.2. The molecule has 0 saturated carbocycles. The highest BCUT2D eigenvalue weighted by atomic mass is 32.2. The number of benzene rings is 5. The molecule has 0 saturated heterocycles. The molecule has 0 aromatic heterocycles. The molecule has 45 heavy (non-hydrogen) atoms. The molecule has 5 rings (SSSR count). The van der Waals surface area contributed by atoms with E-state index in [1.54, 1.807) is 78.9 Å². The molecule has 0 heterocycles. The number of esters is 2. The van der Waals surface area contributed by atoms with Crippen molar-refractivity contribution in [2.24, 2.45) is 5.10 Å². The maximum Gasteiger partial charge on any atom is 0.343 e. The Labute approximate surface area is 259 Å². The van der Waals surface area contributed by atoms with Crippen LogP contribution in [0.4, 0.5) is 5.69 Å². The van der Waals surface area contributed by atoms with Crippen molar-refractivity contribution in [2.75, 3.05) is 4.72 Å². The highest BCUT2D eigenvalue weighted by molar-refractivity contribution is 7.92. The van der Waals surface area contributed by atoms with Gasteiger partial charge in [0.2, 0.25) is 0 Å². The number of hydrazone groups is 1. The molecular weight excluding hydrogens is 594 g/mol. The second-order valence-electron chi connectivity index (χ2n) is 9.41. The lowest BCUT2D eigenvalue weighted by Gasteiger charge is -2.11. The zero-order valence-electron chi connectivity index (χ0n) is 23.5. The summed E-state index contributed by atoms with van der Waals surface area (Å²) in [6.45, 7) is 0. The summed E-state index contributed by atoms with van der Waals surface area (Å²) in [5.41, 5.74) is 3.83. The second kappa shape index (κ2) is 13.9. The molecular formula is C34H25N3O7S. The highest BCUT2D eigenvalue weighted by Crippen LogP contribution is 2.26. The van der Waals surface area contributed by atoms with Gasteiger partial charge in [0.25, 0.3) is 15.9 Å². The van der Waals surface area contributed by atoms with Crippen LogP contribution in [0.15, 0.2) is 143 Å². The lowest BCUT2D eigenvalue weighted by Crippen LogP contribution is -2.18. The Morgan fingerprint density at radius 2 is 1.18 bits per heavy atom. The number of nitrogens with zero attached hydrogens (tertiary/aromatic N) is 1. The minimum Gasteiger partial charge on any atom is -0.423 e. The summed E-state index contributed by atoms with van der Waals surface area (Å²) in [5.74, 6) is -1.65.